The summed E-state index contributed by atoms with van der Waals surface area (Å²) in [4.78, 5) is 12.0. The second kappa shape index (κ2) is 9.76. The number of hydrogen-bond donors (Lipinski definition) is 2. The van der Waals surface area contributed by atoms with Crippen molar-refractivity contribution in [2.24, 2.45) is 0 Å². The zero-order valence-corrected chi connectivity index (χ0v) is 16.9. The molecule has 0 heterocycles. The summed E-state index contributed by atoms with van der Waals surface area (Å²) < 4.78 is 5.55. The molecule has 2 aromatic rings. The fourth-order valence-electron chi connectivity index (χ4n) is 2.30. The van der Waals surface area contributed by atoms with Crippen LogP contribution in [-0.4, -0.2) is 17.6 Å². The van der Waals surface area contributed by atoms with Crippen LogP contribution < -0.4 is 15.4 Å². The molecule has 0 aliphatic rings. The second-order valence-electron chi connectivity index (χ2n) is 5.85. The highest BCUT2D eigenvalue weighted by atomic mass is 35.5. The van der Waals surface area contributed by atoms with Gasteiger partial charge in [0.2, 0.25) is 5.91 Å². The molecule has 0 radical (unpaired) electrons. The van der Waals surface area contributed by atoms with Gasteiger partial charge in [0, 0.05) is 17.1 Å². The average molecular weight is 411 g/mol. The van der Waals surface area contributed by atoms with Crippen LogP contribution in [0.25, 0.3) is 0 Å². The first-order chi connectivity index (χ1) is 12.3. The van der Waals surface area contributed by atoms with Crippen LogP contribution >= 0.6 is 35.4 Å². The van der Waals surface area contributed by atoms with E-state index < -0.39 is 0 Å². The first-order valence-corrected chi connectivity index (χ1v) is 9.27. The van der Waals surface area contributed by atoms with Crippen LogP contribution in [0.15, 0.2) is 36.4 Å². The maximum atomic E-state index is 12.0. The minimum Gasteiger partial charge on any atom is -0.492 e. The Hall–Kier alpha value is -1.82. The van der Waals surface area contributed by atoms with Gasteiger partial charge < -0.3 is 15.4 Å². The van der Waals surface area contributed by atoms with Gasteiger partial charge in [0.05, 0.1) is 11.6 Å². The van der Waals surface area contributed by atoms with Crippen LogP contribution in [0.5, 0.6) is 5.75 Å². The largest absolute Gasteiger partial charge is 0.492 e. The number of nitrogens with one attached hydrogen (secondary N) is 2. The van der Waals surface area contributed by atoms with Gasteiger partial charge in [-0.15, -0.1) is 0 Å². The van der Waals surface area contributed by atoms with E-state index in [1.54, 1.807) is 18.2 Å². The van der Waals surface area contributed by atoms with Crippen molar-refractivity contribution >= 4 is 52.1 Å². The molecule has 0 bridgehead atoms. The Kier molecular flexibility index (Phi) is 7.69. The van der Waals surface area contributed by atoms with E-state index in [1.165, 1.54) is 5.56 Å². The first kappa shape index (κ1) is 20.5. The number of thiocarbonyl (C=S) groups is 1. The molecule has 26 heavy (non-hydrogen) atoms. The third-order valence-corrected chi connectivity index (χ3v) is 4.32. The van der Waals surface area contributed by atoms with E-state index in [0.29, 0.717) is 35.2 Å². The van der Waals surface area contributed by atoms with Crippen molar-refractivity contribution in [1.82, 2.24) is 5.32 Å². The number of benzene rings is 2. The summed E-state index contributed by atoms with van der Waals surface area (Å²) in [5, 5.41) is 6.98. The minimum atomic E-state index is -0.168. The van der Waals surface area contributed by atoms with Crippen molar-refractivity contribution in [2.45, 2.75) is 26.7 Å². The van der Waals surface area contributed by atoms with Crippen LogP contribution in [0, 0.1) is 13.8 Å². The Morgan fingerprint density at radius 2 is 1.92 bits per heavy atom. The number of aryl methyl sites for hydroxylation is 2. The number of carbonyl (C=O) groups excluding carboxylic acids is 1. The second-order valence-corrected chi connectivity index (χ2v) is 7.10. The summed E-state index contributed by atoms with van der Waals surface area (Å²) in [7, 11) is 0. The molecule has 2 aromatic carbocycles. The number of halogens is 2. The highest BCUT2D eigenvalue weighted by Gasteiger charge is 2.07. The summed E-state index contributed by atoms with van der Waals surface area (Å²) >= 11 is 17.0. The lowest BCUT2D eigenvalue weighted by Crippen LogP contribution is -2.34. The molecule has 0 aliphatic heterocycles. The molecule has 7 heteroatoms. The van der Waals surface area contributed by atoms with E-state index in [1.807, 2.05) is 32.0 Å². The summed E-state index contributed by atoms with van der Waals surface area (Å²) in [5.74, 6) is 0.376. The lowest BCUT2D eigenvalue weighted by atomic mass is 10.1. The minimum absolute atomic E-state index is 0.168. The van der Waals surface area contributed by atoms with E-state index in [2.05, 4.69) is 10.6 Å². The molecule has 0 unspecified atom stereocenters. The zero-order chi connectivity index (χ0) is 19.1. The standard InChI is InChI=1S/C19H20Cl2N2O2S/c1-12-5-7-16(13(2)10-12)22-19(26)23-18(24)4-3-9-25-17-8-6-14(20)11-15(17)21/h5-8,10-11H,3-4,9H2,1-2H3,(H2,22,23,24,26). The molecule has 0 saturated carbocycles. The summed E-state index contributed by atoms with van der Waals surface area (Å²) in [6.45, 7) is 4.38. The van der Waals surface area contributed by atoms with Gasteiger partial charge in [-0.25, -0.2) is 0 Å². The smallest absolute Gasteiger partial charge is 0.226 e. The van der Waals surface area contributed by atoms with E-state index in [0.717, 1.165) is 11.3 Å². The van der Waals surface area contributed by atoms with Crippen molar-refractivity contribution in [3.05, 3.63) is 57.6 Å². The van der Waals surface area contributed by atoms with Crippen molar-refractivity contribution in [3.63, 3.8) is 0 Å². The predicted octanol–water partition coefficient (Wildman–Crippen LogP) is 5.28. The quantitative estimate of drug-likeness (QED) is 0.502. The molecule has 2 rings (SSSR count). The molecule has 0 saturated heterocycles. The van der Waals surface area contributed by atoms with Gasteiger partial charge in [-0.3, -0.25) is 4.79 Å². The summed E-state index contributed by atoms with van der Waals surface area (Å²) in [5.41, 5.74) is 3.11. The number of anilines is 1. The van der Waals surface area contributed by atoms with E-state index in [-0.39, 0.29) is 11.0 Å². The summed E-state index contributed by atoms with van der Waals surface area (Å²) in [6.07, 6.45) is 0.830. The van der Waals surface area contributed by atoms with Gasteiger partial charge in [0.25, 0.3) is 0 Å². The van der Waals surface area contributed by atoms with E-state index in [4.69, 9.17) is 40.2 Å². The molecule has 0 fully saturated rings. The Morgan fingerprint density at radius 3 is 2.62 bits per heavy atom. The Labute approximate surface area is 168 Å². The fourth-order valence-corrected chi connectivity index (χ4v) is 2.99. The van der Waals surface area contributed by atoms with Crippen LogP contribution in [0.1, 0.15) is 24.0 Å². The molecule has 0 atom stereocenters. The maximum absolute atomic E-state index is 12.0. The van der Waals surface area contributed by atoms with Gasteiger partial charge in [-0.05, 0) is 62.3 Å². The highest BCUT2D eigenvalue weighted by molar-refractivity contribution is 7.80. The van der Waals surface area contributed by atoms with Gasteiger partial charge in [-0.1, -0.05) is 40.9 Å². The highest BCUT2D eigenvalue weighted by Crippen LogP contribution is 2.27. The monoisotopic (exact) mass is 410 g/mol. The van der Waals surface area contributed by atoms with E-state index >= 15 is 0 Å². The summed E-state index contributed by atoms with van der Waals surface area (Å²) in [6, 6.07) is 11.0. The van der Waals surface area contributed by atoms with Crippen molar-refractivity contribution in [2.75, 3.05) is 11.9 Å². The van der Waals surface area contributed by atoms with Crippen LogP contribution in [0.4, 0.5) is 5.69 Å². The third-order valence-electron chi connectivity index (χ3n) is 3.58. The first-order valence-electron chi connectivity index (χ1n) is 8.11. The van der Waals surface area contributed by atoms with Gasteiger partial charge in [0.1, 0.15) is 5.75 Å². The van der Waals surface area contributed by atoms with Gasteiger partial charge in [0.15, 0.2) is 5.11 Å². The Balaban J connectivity index is 1.72. The third kappa shape index (κ3) is 6.48. The molecule has 0 aliphatic carbocycles. The Morgan fingerprint density at radius 1 is 1.15 bits per heavy atom. The molecule has 1 amide bonds. The van der Waals surface area contributed by atoms with Crippen LogP contribution in [-0.2, 0) is 4.79 Å². The number of rotatable bonds is 6. The Bertz CT molecular complexity index is 812. The average Bonchev–Trinajstić information content (AvgIpc) is 2.56. The number of hydrogen-bond acceptors (Lipinski definition) is 3. The van der Waals surface area contributed by atoms with E-state index in [9.17, 15) is 4.79 Å². The lowest BCUT2D eigenvalue weighted by Gasteiger charge is -2.12. The molecule has 4 nitrogen and oxygen atoms in total. The number of amides is 1. The van der Waals surface area contributed by atoms with Crippen molar-refractivity contribution < 1.29 is 9.53 Å². The zero-order valence-electron chi connectivity index (χ0n) is 14.6. The molecule has 0 aromatic heterocycles. The molecule has 0 spiro atoms. The fraction of sp³-hybridized carbons (Fsp3) is 0.263. The van der Waals surface area contributed by atoms with Crippen molar-refractivity contribution in [3.8, 4) is 5.75 Å². The van der Waals surface area contributed by atoms with Crippen LogP contribution in [0.2, 0.25) is 10.0 Å². The number of ether oxygens (including phenoxy) is 1. The molecule has 2 N–H and O–H groups in total. The molecule has 138 valence electrons. The normalized spacial score (nSPS) is 10.3. The van der Waals surface area contributed by atoms with Gasteiger partial charge in [-0.2, -0.15) is 0 Å². The SMILES string of the molecule is Cc1ccc(NC(=S)NC(=O)CCCOc2ccc(Cl)cc2Cl)c(C)c1. The van der Waals surface area contributed by atoms with Gasteiger partial charge >= 0.3 is 0 Å². The molecular weight excluding hydrogens is 391 g/mol. The maximum Gasteiger partial charge on any atom is 0.226 e. The topological polar surface area (TPSA) is 50.4 Å². The number of carbonyl (C=O) groups is 1. The van der Waals surface area contributed by atoms with Crippen LogP contribution in [0.3, 0.4) is 0 Å². The van der Waals surface area contributed by atoms with Crippen molar-refractivity contribution in [1.29, 1.82) is 0 Å². The lowest BCUT2D eigenvalue weighted by molar-refractivity contribution is -0.119. The molecular formula is C19H20Cl2N2O2S. The predicted molar refractivity (Wildman–Crippen MR) is 111 cm³/mol.